The number of hydrogen-bond donors (Lipinski definition) is 0. The van der Waals surface area contributed by atoms with Crippen LogP contribution < -0.4 is 0 Å². The molecular formula is C10H4ClN3O2. The topological polar surface area (TPSA) is 90.7 Å². The molecule has 0 radical (unpaired) electrons. The van der Waals surface area contributed by atoms with Crippen molar-refractivity contribution < 1.29 is 4.92 Å². The van der Waals surface area contributed by atoms with E-state index in [1.807, 2.05) is 0 Å². The lowest BCUT2D eigenvalue weighted by atomic mass is 10.1. The van der Waals surface area contributed by atoms with E-state index in [0.29, 0.717) is 0 Å². The van der Waals surface area contributed by atoms with Crippen molar-refractivity contribution in [2.45, 2.75) is 0 Å². The molecule has 0 bridgehead atoms. The van der Waals surface area contributed by atoms with Crippen LogP contribution in [0, 0.1) is 32.8 Å². The fraction of sp³-hybridized carbons (Fsp3) is 0. The van der Waals surface area contributed by atoms with E-state index in [1.165, 1.54) is 24.3 Å². The van der Waals surface area contributed by atoms with Crippen molar-refractivity contribution in [3.8, 4) is 12.1 Å². The predicted octanol–water partition coefficient (Wildman–Crippen LogP) is 2.59. The molecule has 6 heteroatoms. The summed E-state index contributed by atoms with van der Waals surface area (Å²) in [6.45, 7) is 0. The zero-order valence-electron chi connectivity index (χ0n) is 7.85. The minimum atomic E-state index is -0.577. The second-order valence-electron chi connectivity index (χ2n) is 2.72. The molecule has 0 atom stereocenters. The van der Waals surface area contributed by atoms with Crippen molar-refractivity contribution in [1.82, 2.24) is 0 Å². The Kier molecular flexibility index (Phi) is 3.60. The van der Waals surface area contributed by atoms with Gasteiger partial charge >= 0.3 is 0 Å². The summed E-state index contributed by atoms with van der Waals surface area (Å²) >= 11 is 5.76. The lowest BCUT2D eigenvalue weighted by Crippen LogP contribution is -1.89. The Bertz CT molecular complexity index is 536. The minimum Gasteiger partial charge on any atom is -0.258 e. The molecule has 0 aromatic heterocycles. The first-order chi connectivity index (χ1) is 7.60. The van der Waals surface area contributed by atoms with Crippen LogP contribution in [-0.4, -0.2) is 4.92 Å². The molecule has 0 fully saturated rings. The second-order valence-corrected chi connectivity index (χ2v) is 3.10. The molecule has 0 aliphatic carbocycles. The van der Waals surface area contributed by atoms with Gasteiger partial charge in [0.1, 0.15) is 17.7 Å². The molecule has 16 heavy (non-hydrogen) atoms. The Hall–Kier alpha value is -2.37. The molecule has 0 amide bonds. The van der Waals surface area contributed by atoms with Gasteiger partial charge in [0, 0.05) is 17.7 Å². The highest BCUT2D eigenvalue weighted by atomic mass is 35.5. The van der Waals surface area contributed by atoms with Crippen LogP contribution in [0.2, 0.25) is 0 Å². The average Bonchev–Trinajstić information content (AvgIpc) is 2.30. The summed E-state index contributed by atoms with van der Waals surface area (Å²) < 4.78 is 0. The average molecular weight is 234 g/mol. The van der Waals surface area contributed by atoms with Crippen LogP contribution in [0.15, 0.2) is 29.8 Å². The number of non-ortho nitro benzene ring substituents is 1. The van der Waals surface area contributed by atoms with E-state index >= 15 is 0 Å². The van der Waals surface area contributed by atoms with Crippen LogP contribution in [0.4, 0.5) is 5.69 Å². The standard InChI is InChI=1S/C10H4ClN3O2/c11-10(8(5-12)6-13)7-2-1-3-9(4-7)14(15)16/h1-4H. The van der Waals surface area contributed by atoms with Crippen molar-refractivity contribution in [1.29, 1.82) is 10.5 Å². The van der Waals surface area contributed by atoms with Gasteiger partial charge in [-0.25, -0.2) is 0 Å². The third-order valence-corrected chi connectivity index (χ3v) is 2.16. The molecule has 0 aliphatic rings. The van der Waals surface area contributed by atoms with Gasteiger partial charge in [-0.05, 0) is 0 Å². The lowest BCUT2D eigenvalue weighted by Gasteiger charge is -1.98. The highest BCUT2D eigenvalue weighted by Crippen LogP contribution is 2.25. The fourth-order valence-electron chi connectivity index (χ4n) is 1.02. The smallest absolute Gasteiger partial charge is 0.258 e. The Morgan fingerprint density at radius 3 is 2.50 bits per heavy atom. The maximum absolute atomic E-state index is 10.5. The largest absolute Gasteiger partial charge is 0.270 e. The van der Waals surface area contributed by atoms with E-state index in [-0.39, 0.29) is 21.9 Å². The molecule has 0 spiro atoms. The van der Waals surface area contributed by atoms with Crippen LogP contribution in [0.5, 0.6) is 0 Å². The highest BCUT2D eigenvalue weighted by molar-refractivity contribution is 6.49. The maximum atomic E-state index is 10.5. The number of nitriles is 2. The Morgan fingerprint density at radius 1 is 1.38 bits per heavy atom. The van der Waals surface area contributed by atoms with Crippen molar-refractivity contribution in [2.24, 2.45) is 0 Å². The number of allylic oxidation sites excluding steroid dienone is 1. The van der Waals surface area contributed by atoms with Gasteiger partial charge in [-0.1, -0.05) is 23.7 Å². The summed E-state index contributed by atoms with van der Waals surface area (Å²) in [5, 5.41) is 27.6. The van der Waals surface area contributed by atoms with Crippen LogP contribution in [-0.2, 0) is 0 Å². The molecule has 78 valence electrons. The van der Waals surface area contributed by atoms with Crippen LogP contribution in [0.25, 0.3) is 5.03 Å². The van der Waals surface area contributed by atoms with Crippen molar-refractivity contribution >= 4 is 22.3 Å². The summed E-state index contributed by atoms with van der Waals surface area (Å²) in [4.78, 5) is 9.92. The lowest BCUT2D eigenvalue weighted by molar-refractivity contribution is -0.384. The third kappa shape index (κ3) is 2.35. The van der Waals surface area contributed by atoms with Crippen molar-refractivity contribution in [2.75, 3.05) is 0 Å². The van der Waals surface area contributed by atoms with Gasteiger partial charge in [-0.15, -0.1) is 0 Å². The molecule has 0 saturated heterocycles. The van der Waals surface area contributed by atoms with Gasteiger partial charge in [0.2, 0.25) is 0 Å². The Balaban J connectivity index is 3.32. The van der Waals surface area contributed by atoms with E-state index in [4.69, 9.17) is 22.1 Å². The van der Waals surface area contributed by atoms with Crippen LogP contribution >= 0.6 is 11.6 Å². The summed E-state index contributed by atoms with van der Waals surface area (Å²) in [6, 6.07) is 8.66. The van der Waals surface area contributed by atoms with Gasteiger partial charge in [-0.2, -0.15) is 10.5 Å². The predicted molar refractivity (Wildman–Crippen MR) is 57.1 cm³/mol. The number of nitrogens with zero attached hydrogens (tertiary/aromatic N) is 3. The van der Waals surface area contributed by atoms with Crippen molar-refractivity contribution in [3.63, 3.8) is 0 Å². The first-order valence-corrected chi connectivity index (χ1v) is 4.42. The molecule has 0 unspecified atom stereocenters. The summed E-state index contributed by atoms with van der Waals surface area (Å²) in [6.07, 6.45) is 0. The quantitative estimate of drug-likeness (QED) is 0.446. The number of hydrogen-bond acceptors (Lipinski definition) is 4. The van der Waals surface area contributed by atoms with Gasteiger partial charge in [-0.3, -0.25) is 10.1 Å². The van der Waals surface area contributed by atoms with Gasteiger partial charge < -0.3 is 0 Å². The molecule has 1 aromatic rings. The molecule has 1 aromatic carbocycles. The van der Waals surface area contributed by atoms with E-state index in [0.717, 1.165) is 0 Å². The number of rotatable bonds is 2. The third-order valence-electron chi connectivity index (χ3n) is 1.75. The van der Waals surface area contributed by atoms with Gasteiger partial charge in [0.05, 0.1) is 9.96 Å². The monoisotopic (exact) mass is 233 g/mol. The zero-order chi connectivity index (χ0) is 12.1. The highest BCUT2D eigenvalue weighted by Gasteiger charge is 2.10. The molecule has 1 rings (SSSR count). The van der Waals surface area contributed by atoms with Gasteiger partial charge in [0.15, 0.2) is 0 Å². The first-order valence-electron chi connectivity index (χ1n) is 4.05. The van der Waals surface area contributed by atoms with E-state index in [2.05, 4.69) is 0 Å². The zero-order valence-corrected chi connectivity index (χ0v) is 8.60. The molecule has 5 nitrogen and oxygen atoms in total. The Labute approximate surface area is 95.9 Å². The second kappa shape index (κ2) is 4.92. The number of nitro benzene ring substituents is 1. The van der Waals surface area contributed by atoms with E-state index in [1.54, 1.807) is 12.1 Å². The van der Waals surface area contributed by atoms with Crippen LogP contribution in [0.3, 0.4) is 0 Å². The summed E-state index contributed by atoms with van der Waals surface area (Å²) in [5.74, 6) is 0. The summed E-state index contributed by atoms with van der Waals surface area (Å²) in [5.41, 5.74) is -0.151. The van der Waals surface area contributed by atoms with Crippen LogP contribution in [0.1, 0.15) is 5.56 Å². The maximum Gasteiger partial charge on any atom is 0.270 e. The fourth-order valence-corrected chi connectivity index (χ4v) is 1.23. The first kappa shape index (κ1) is 11.7. The number of benzene rings is 1. The molecule has 0 N–H and O–H groups in total. The summed E-state index contributed by atoms with van der Waals surface area (Å²) in [7, 11) is 0. The van der Waals surface area contributed by atoms with Crippen molar-refractivity contribution in [3.05, 3.63) is 45.5 Å². The van der Waals surface area contributed by atoms with E-state index in [9.17, 15) is 10.1 Å². The van der Waals surface area contributed by atoms with E-state index < -0.39 is 4.92 Å². The molecular weight excluding hydrogens is 230 g/mol. The minimum absolute atomic E-state index is 0.0892. The number of halogens is 1. The van der Waals surface area contributed by atoms with Gasteiger partial charge in [0.25, 0.3) is 5.69 Å². The normalized spacial score (nSPS) is 8.69. The SMILES string of the molecule is N#CC(C#N)=C(Cl)c1cccc([N+](=O)[O-])c1. The molecule has 0 heterocycles. The number of nitro groups is 1. The molecule has 0 aliphatic heterocycles. The Morgan fingerprint density at radius 2 is 2.00 bits per heavy atom. The molecule has 0 saturated carbocycles.